The number of hydrogen-bond acceptors (Lipinski definition) is 4. The van der Waals surface area contributed by atoms with Crippen LogP contribution in [0.15, 0.2) is 0 Å². The molecule has 112 valence electrons. The summed E-state index contributed by atoms with van der Waals surface area (Å²) in [5.41, 5.74) is 0. The van der Waals surface area contributed by atoms with Gasteiger partial charge in [-0.2, -0.15) is 0 Å². The van der Waals surface area contributed by atoms with E-state index in [1.54, 1.807) is 0 Å². The Labute approximate surface area is 120 Å². The van der Waals surface area contributed by atoms with E-state index in [1.165, 1.54) is 0 Å². The van der Waals surface area contributed by atoms with Gasteiger partial charge in [-0.25, -0.2) is 0 Å². The van der Waals surface area contributed by atoms with Crippen molar-refractivity contribution >= 4 is 18.3 Å². The number of ether oxygens (including phenoxy) is 1. The number of morpholine rings is 1. The van der Waals surface area contributed by atoms with Crippen molar-refractivity contribution in [1.82, 2.24) is 10.6 Å². The van der Waals surface area contributed by atoms with Crippen molar-refractivity contribution in [2.24, 2.45) is 5.92 Å². The molecule has 0 spiro atoms. The first-order valence-corrected chi connectivity index (χ1v) is 6.99. The van der Waals surface area contributed by atoms with Crippen LogP contribution < -0.4 is 10.6 Å². The minimum Gasteiger partial charge on any atom is -0.393 e. The molecule has 1 aliphatic carbocycles. The molecule has 1 saturated heterocycles. The molecule has 1 heterocycles. The lowest BCUT2D eigenvalue weighted by Crippen LogP contribution is -2.56. The predicted octanol–water partition coefficient (Wildman–Crippen LogP) is 0.452. The third kappa shape index (κ3) is 4.60. The van der Waals surface area contributed by atoms with Crippen molar-refractivity contribution in [2.45, 2.75) is 50.9 Å². The summed E-state index contributed by atoms with van der Waals surface area (Å²) in [6.07, 6.45) is 3.77. The van der Waals surface area contributed by atoms with E-state index in [-0.39, 0.29) is 42.5 Å². The molecule has 6 heteroatoms. The largest absolute Gasteiger partial charge is 0.393 e. The molecule has 19 heavy (non-hydrogen) atoms. The zero-order valence-electron chi connectivity index (χ0n) is 11.4. The van der Waals surface area contributed by atoms with E-state index in [9.17, 15) is 9.90 Å². The van der Waals surface area contributed by atoms with Crippen LogP contribution in [-0.2, 0) is 9.53 Å². The Hall–Kier alpha value is -0.360. The van der Waals surface area contributed by atoms with E-state index in [4.69, 9.17) is 4.74 Å². The number of carbonyl (C=O) groups excluding carboxylic acids is 1. The Kier molecular flexibility index (Phi) is 7.07. The van der Waals surface area contributed by atoms with Gasteiger partial charge in [0.05, 0.1) is 18.8 Å². The third-order valence-electron chi connectivity index (χ3n) is 4.01. The standard InChI is InChI=1S/C13H24N2O3.ClH/c1-9-12(14-6-7-18-9)13(17)15-8-10-4-2-3-5-11(10)16;/h9-12,14,16H,2-8H2,1H3,(H,15,17);1H/t9-,10?,11?,12+;/m1./s1. The first-order valence-electron chi connectivity index (χ1n) is 6.99. The molecule has 0 aromatic carbocycles. The fourth-order valence-corrected chi connectivity index (χ4v) is 2.80. The number of halogens is 1. The lowest BCUT2D eigenvalue weighted by Gasteiger charge is -2.31. The second-order valence-corrected chi connectivity index (χ2v) is 5.36. The Bertz CT molecular complexity index is 291. The molecule has 2 unspecified atom stereocenters. The summed E-state index contributed by atoms with van der Waals surface area (Å²) in [6, 6.07) is -0.264. The highest BCUT2D eigenvalue weighted by Gasteiger charge is 2.29. The molecule has 4 atom stereocenters. The van der Waals surface area contributed by atoms with Crippen molar-refractivity contribution in [2.75, 3.05) is 19.7 Å². The minimum atomic E-state index is -0.264. The smallest absolute Gasteiger partial charge is 0.239 e. The van der Waals surface area contributed by atoms with E-state index >= 15 is 0 Å². The summed E-state index contributed by atoms with van der Waals surface area (Å²) in [5, 5.41) is 16.0. The van der Waals surface area contributed by atoms with Gasteiger partial charge < -0.3 is 20.5 Å². The van der Waals surface area contributed by atoms with Gasteiger partial charge >= 0.3 is 0 Å². The molecule has 2 aliphatic rings. The van der Waals surface area contributed by atoms with Gasteiger partial charge in [0.2, 0.25) is 5.91 Å². The zero-order valence-corrected chi connectivity index (χ0v) is 12.2. The highest BCUT2D eigenvalue weighted by atomic mass is 35.5. The van der Waals surface area contributed by atoms with Crippen LogP contribution in [0.1, 0.15) is 32.6 Å². The van der Waals surface area contributed by atoms with E-state index in [0.717, 1.165) is 25.7 Å². The van der Waals surface area contributed by atoms with Crippen LogP contribution in [0, 0.1) is 5.92 Å². The minimum absolute atomic E-state index is 0. The molecule has 1 saturated carbocycles. The van der Waals surface area contributed by atoms with Crippen molar-refractivity contribution < 1.29 is 14.6 Å². The molecule has 5 nitrogen and oxygen atoms in total. The van der Waals surface area contributed by atoms with Crippen LogP contribution in [-0.4, -0.2) is 49.0 Å². The number of hydrogen-bond donors (Lipinski definition) is 3. The summed E-state index contributed by atoms with van der Waals surface area (Å²) in [5.74, 6) is 0.197. The molecule has 1 amide bonds. The molecule has 1 aliphatic heterocycles. The zero-order chi connectivity index (χ0) is 13.0. The van der Waals surface area contributed by atoms with E-state index < -0.39 is 0 Å². The maximum atomic E-state index is 12.0. The van der Waals surface area contributed by atoms with Crippen molar-refractivity contribution in [3.63, 3.8) is 0 Å². The monoisotopic (exact) mass is 292 g/mol. The van der Waals surface area contributed by atoms with Crippen molar-refractivity contribution in [3.8, 4) is 0 Å². The van der Waals surface area contributed by atoms with E-state index in [2.05, 4.69) is 10.6 Å². The number of aliphatic hydroxyl groups is 1. The quantitative estimate of drug-likeness (QED) is 0.706. The number of rotatable bonds is 3. The summed E-state index contributed by atoms with van der Waals surface area (Å²) < 4.78 is 5.45. The Morgan fingerprint density at radius 3 is 2.84 bits per heavy atom. The first kappa shape index (κ1) is 16.7. The molecular weight excluding hydrogens is 268 g/mol. The van der Waals surface area contributed by atoms with Crippen LogP contribution in [0.5, 0.6) is 0 Å². The Balaban J connectivity index is 0.00000180. The molecule has 0 bridgehead atoms. The number of aliphatic hydroxyl groups excluding tert-OH is 1. The Morgan fingerprint density at radius 1 is 1.42 bits per heavy atom. The third-order valence-corrected chi connectivity index (χ3v) is 4.01. The first-order chi connectivity index (χ1) is 8.68. The number of nitrogens with one attached hydrogen (secondary N) is 2. The van der Waals surface area contributed by atoms with Gasteiger partial charge in [-0.15, -0.1) is 12.4 Å². The normalized spacial score (nSPS) is 35.3. The molecular formula is C13H25ClN2O3. The lowest BCUT2D eigenvalue weighted by atomic mass is 9.86. The SMILES string of the molecule is C[C@H]1OCCN[C@@H]1C(=O)NCC1CCCCC1O.Cl. The Morgan fingerprint density at radius 2 is 2.16 bits per heavy atom. The van der Waals surface area contributed by atoms with Gasteiger partial charge in [-0.05, 0) is 19.8 Å². The van der Waals surface area contributed by atoms with Crippen molar-refractivity contribution in [1.29, 1.82) is 0 Å². The van der Waals surface area contributed by atoms with Crippen LogP contribution in [0.3, 0.4) is 0 Å². The van der Waals surface area contributed by atoms with Gasteiger partial charge in [0.15, 0.2) is 0 Å². The number of amides is 1. The lowest BCUT2D eigenvalue weighted by molar-refractivity contribution is -0.129. The number of carbonyl (C=O) groups is 1. The van der Waals surface area contributed by atoms with Gasteiger partial charge in [-0.1, -0.05) is 12.8 Å². The molecule has 0 aromatic heterocycles. The molecule has 2 rings (SSSR count). The summed E-state index contributed by atoms with van der Waals surface area (Å²) in [7, 11) is 0. The average molecular weight is 293 g/mol. The second-order valence-electron chi connectivity index (χ2n) is 5.36. The second kappa shape index (κ2) is 8.04. The molecule has 0 aromatic rings. The van der Waals surface area contributed by atoms with E-state index in [0.29, 0.717) is 19.7 Å². The van der Waals surface area contributed by atoms with Crippen molar-refractivity contribution in [3.05, 3.63) is 0 Å². The molecule has 3 N–H and O–H groups in total. The average Bonchev–Trinajstić information content (AvgIpc) is 2.38. The molecule has 0 radical (unpaired) electrons. The van der Waals surface area contributed by atoms with Gasteiger partial charge in [0, 0.05) is 19.0 Å². The fraction of sp³-hybridized carbons (Fsp3) is 0.923. The highest BCUT2D eigenvalue weighted by molar-refractivity contribution is 5.85. The van der Waals surface area contributed by atoms with Crippen LogP contribution in [0.2, 0.25) is 0 Å². The van der Waals surface area contributed by atoms with Gasteiger partial charge in [-0.3, -0.25) is 4.79 Å². The maximum Gasteiger partial charge on any atom is 0.239 e. The van der Waals surface area contributed by atoms with Gasteiger partial charge in [0.25, 0.3) is 0 Å². The van der Waals surface area contributed by atoms with Crippen LogP contribution in [0.25, 0.3) is 0 Å². The topological polar surface area (TPSA) is 70.6 Å². The summed E-state index contributed by atoms with van der Waals surface area (Å²) >= 11 is 0. The van der Waals surface area contributed by atoms with E-state index in [1.807, 2.05) is 6.92 Å². The molecule has 2 fully saturated rings. The predicted molar refractivity (Wildman–Crippen MR) is 75.4 cm³/mol. The van der Waals surface area contributed by atoms with Crippen LogP contribution in [0.4, 0.5) is 0 Å². The van der Waals surface area contributed by atoms with Gasteiger partial charge in [0.1, 0.15) is 6.04 Å². The maximum absolute atomic E-state index is 12.0. The van der Waals surface area contributed by atoms with Crippen LogP contribution >= 0.6 is 12.4 Å². The fourth-order valence-electron chi connectivity index (χ4n) is 2.80. The highest BCUT2D eigenvalue weighted by Crippen LogP contribution is 2.23. The summed E-state index contributed by atoms with van der Waals surface area (Å²) in [6.45, 7) is 3.86. The summed E-state index contributed by atoms with van der Waals surface area (Å²) in [4.78, 5) is 12.0.